The predicted molar refractivity (Wildman–Crippen MR) is 90.9 cm³/mol. The Hall–Kier alpha value is -2.71. The molecule has 6 heteroatoms. The van der Waals surface area contributed by atoms with Crippen LogP contribution in [0.4, 0.5) is 11.4 Å². The van der Waals surface area contributed by atoms with Gasteiger partial charge in [0, 0.05) is 5.69 Å². The van der Waals surface area contributed by atoms with Crippen molar-refractivity contribution < 1.29 is 9.53 Å². The minimum atomic E-state index is -0.225. The van der Waals surface area contributed by atoms with Gasteiger partial charge < -0.3 is 15.4 Å². The molecule has 0 radical (unpaired) electrons. The molecule has 0 atom stereocenters. The van der Waals surface area contributed by atoms with Gasteiger partial charge in [-0.05, 0) is 37.3 Å². The largest absolute Gasteiger partial charge is 0.492 e. The highest BCUT2D eigenvalue weighted by Crippen LogP contribution is 2.23. The number of para-hydroxylation sites is 2. The van der Waals surface area contributed by atoms with Crippen molar-refractivity contribution in [1.29, 1.82) is 5.26 Å². The molecule has 23 heavy (non-hydrogen) atoms. The molecule has 0 spiro atoms. The van der Waals surface area contributed by atoms with E-state index in [2.05, 4.69) is 10.6 Å². The average Bonchev–Trinajstić information content (AvgIpc) is 2.54. The molecular weight excluding hydrogens is 314 g/mol. The van der Waals surface area contributed by atoms with Crippen molar-refractivity contribution in [3.63, 3.8) is 0 Å². The van der Waals surface area contributed by atoms with Gasteiger partial charge in [0.1, 0.15) is 11.8 Å². The van der Waals surface area contributed by atoms with E-state index in [1.165, 1.54) is 0 Å². The first-order chi connectivity index (χ1) is 11.1. The number of rotatable bonds is 6. The Kier molecular flexibility index (Phi) is 5.84. The fraction of sp³-hybridized carbons (Fsp3) is 0.176. The van der Waals surface area contributed by atoms with Gasteiger partial charge in [-0.1, -0.05) is 23.7 Å². The van der Waals surface area contributed by atoms with Crippen LogP contribution in [0.5, 0.6) is 5.75 Å². The van der Waals surface area contributed by atoms with Crippen LogP contribution in [0.25, 0.3) is 0 Å². The van der Waals surface area contributed by atoms with Crippen molar-refractivity contribution in [1.82, 2.24) is 0 Å². The van der Waals surface area contributed by atoms with Crippen LogP contribution in [0.2, 0.25) is 5.02 Å². The molecule has 0 aliphatic heterocycles. The Morgan fingerprint density at radius 1 is 1.30 bits per heavy atom. The number of ether oxygens (including phenoxy) is 1. The van der Waals surface area contributed by atoms with E-state index in [0.29, 0.717) is 28.6 Å². The van der Waals surface area contributed by atoms with Gasteiger partial charge >= 0.3 is 0 Å². The molecule has 0 aromatic heterocycles. The number of hydrogen-bond donors (Lipinski definition) is 2. The van der Waals surface area contributed by atoms with Crippen LogP contribution in [0.15, 0.2) is 42.5 Å². The van der Waals surface area contributed by atoms with E-state index < -0.39 is 0 Å². The number of nitrogens with zero attached hydrogens (tertiary/aromatic N) is 1. The number of benzene rings is 2. The fourth-order valence-corrected chi connectivity index (χ4v) is 2.18. The zero-order valence-electron chi connectivity index (χ0n) is 12.6. The lowest BCUT2D eigenvalue weighted by atomic mass is 10.2. The molecule has 5 nitrogen and oxygen atoms in total. The van der Waals surface area contributed by atoms with Crippen molar-refractivity contribution in [3.8, 4) is 11.8 Å². The molecule has 0 heterocycles. The molecule has 0 saturated heterocycles. The zero-order chi connectivity index (χ0) is 16.7. The van der Waals surface area contributed by atoms with Crippen LogP contribution >= 0.6 is 11.6 Å². The van der Waals surface area contributed by atoms with E-state index in [1.54, 1.807) is 18.2 Å². The lowest BCUT2D eigenvalue weighted by Gasteiger charge is -2.12. The molecule has 0 saturated carbocycles. The smallest absolute Gasteiger partial charge is 0.243 e. The Bertz CT molecular complexity index is 741. The van der Waals surface area contributed by atoms with Crippen molar-refractivity contribution in [2.24, 2.45) is 0 Å². The fourth-order valence-electron chi connectivity index (χ4n) is 1.96. The summed E-state index contributed by atoms with van der Waals surface area (Å²) >= 11 is 5.94. The molecule has 0 unspecified atom stereocenters. The average molecular weight is 330 g/mol. The normalized spacial score (nSPS) is 9.78. The quantitative estimate of drug-likeness (QED) is 0.848. The molecule has 0 bridgehead atoms. The molecule has 2 N–H and O–H groups in total. The van der Waals surface area contributed by atoms with E-state index in [0.717, 1.165) is 5.69 Å². The number of carbonyl (C=O) groups is 1. The third-order valence-electron chi connectivity index (χ3n) is 3.00. The summed E-state index contributed by atoms with van der Waals surface area (Å²) in [5, 5.41) is 14.9. The van der Waals surface area contributed by atoms with Gasteiger partial charge in [-0.2, -0.15) is 5.26 Å². The first-order valence-electron chi connectivity index (χ1n) is 7.09. The summed E-state index contributed by atoms with van der Waals surface area (Å²) in [6.45, 7) is 2.54. The summed E-state index contributed by atoms with van der Waals surface area (Å²) in [4.78, 5) is 12.0. The lowest BCUT2D eigenvalue weighted by molar-refractivity contribution is -0.114. The molecule has 118 valence electrons. The third kappa shape index (κ3) is 4.63. The van der Waals surface area contributed by atoms with E-state index in [4.69, 9.17) is 21.6 Å². The maximum absolute atomic E-state index is 12.0. The van der Waals surface area contributed by atoms with Gasteiger partial charge in [-0.3, -0.25) is 4.79 Å². The lowest BCUT2D eigenvalue weighted by Crippen LogP contribution is -2.22. The molecule has 1 amide bonds. The Morgan fingerprint density at radius 3 is 2.78 bits per heavy atom. The second-order valence-electron chi connectivity index (χ2n) is 4.64. The van der Waals surface area contributed by atoms with Crippen LogP contribution in [-0.2, 0) is 4.79 Å². The maximum Gasteiger partial charge on any atom is 0.243 e. The van der Waals surface area contributed by atoms with Crippen LogP contribution in [0, 0.1) is 11.3 Å². The topological polar surface area (TPSA) is 74.2 Å². The van der Waals surface area contributed by atoms with Crippen LogP contribution in [-0.4, -0.2) is 19.1 Å². The number of amides is 1. The summed E-state index contributed by atoms with van der Waals surface area (Å²) < 4.78 is 5.49. The first kappa shape index (κ1) is 16.7. The minimum Gasteiger partial charge on any atom is -0.492 e. The molecule has 0 aliphatic rings. The molecule has 0 aliphatic carbocycles. The van der Waals surface area contributed by atoms with Crippen molar-refractivity contribution in [3.05, 3.63) is 53.1 Å². The number of carbonyl (C=O) groups excluding carboxylic acids is 1. The zero-order valence-corrected chi connectivity index (χ0v) is 13.4. The number of nitriles is 1. The van der Waals surface area contributed by atoms with E-state index in [9.17, 15) is 4.79 Å². The second-order valence-corrected chi connectivity index (χ2v) is 5.04. The first-order valence-corrected chi connectivity index (χ1v) is 7.47. The van der Waals surface area contributed by atoms with Crippen molar-refractivity contribution in [2.45, 2.75) is 6.92 Å². The highest BCUT2D eigenvalue weighted by molar-refractivity contribution is 6.32. The Labute approximate surface area is 139 Å². The highest BCUT2D eigenvalue weighted by Gasteiger charge is 2.07. The Balaban J connectivity index is 1.96. The van der Waals surface area contributed by atoms with Gasteiger partial charge in [-0.25, -0.2) is 0 Å². The molecular formula is C17H16ClN3O2. The monoisotopic (exact) mass is 329 g/mol. The van der Waals surface area contributed by atoms with Crippen LogP contribution < -0.4 is 15.4 Å². The molecule has 2 aromatic carbocycles. The van der Waals surface area contributed by atoms with Gasteiger partial charge in [0.25, 0.3) is 0 Å². The summed E-state index contributed by atoms with van der Waals surface area (Å²) in [7, 11) is 0. The van der Waals surface area contributed by atoms with Gasteiger partial charge in [-0.15, -0.1) is 0 Å². The molecule has 0 fully saturated rings. The number of anilines is 2. The SMILES string of the molecule is CCOc1ccccc1NCC(=O)Nc1ccc(C#N)c(Cl)c1. The van der Waals surface area contributed by atoms with Crippen molar-refractivity contribution >= 4 is 28.9 Å². The third-order valence-corrected chi connectivity index (χ3v) is 3.31. The summed E-state index contributed by atoms with van der Waals surface area (Å²) in [6, 6.07) is 14.1. The predicted octanol–water partition coefficient (Wildman–Crippen LogP) is 3.66. The highest BCUT2D eigenvalue weighted by atomic mass is 35.5. The molecule has 2 rings (SSSR count). The second kappa shape index (κ2) is 8.06. The van der Waals surface area contributed by atoms with Gasteiger partial charge in [0.15, 0.2) is 0 Å². The van der Waals surface area contributed by atoms with E-state index >= 15 is 0 Å². The number of nitrogens with one attached hydrogen (secondary N) is 2. The standard InChI is InChI=1S/C17H16ClN3O2/c1-2-23-16-6-4-3-5-15(16)20-11-17(22)21-13-8-7-12(10-19)14(18)9-13/h3-9,20H,2,11H2,1H3,(H,21,22). The van der Waals surface area contributed by atoms with Gasteiger partial charge in [0.2, 0.25) is 5.91 Å². The van der Waals surface area contributed by atoms with E-state index in [1.807, 2.05) is 37.3 Å². The van der Waals surface area contributed by atoms with Crippen LogP contribution in [0.1, 0.15) is 12.5 Å². The minimum absolute atomic E-state index is 0.0850. The number of halogens is 1. The van der Waals surface area contributed by atoms with Gasteiger partial charge in [0.05, 0.1) is 29.4 Å². The maximum atomic E-state index is 12.0. The summed E-state index contributed by atoms with van der Waals surface area (Å²) in [6.07, 6.45) is 0. The van der Waals surface area contributed by atoms with E-state index in [-0.39, 0.29) is 12.5 Å². The molecule has 2 aromatic rings. The van der Waals surface area contributed by atoms with Crippen LogP contribution in [0.3, 0.4) is 0 Å². The number of hydrogen-bond acceptors (Lipinski definition) is 4. The van der Waals surface area contributed by atoms with Crippen molar-refractivity contribution in [2.75, 3.05) is 23.8 Å². The summed E-state index contributed by atoms with van der Waals surface area (Å²) in [5.41, 5.74) is 1.66. The summed E-state index contributed by atoms with van der Waals surface area (Å²) in [5.74, 6) is 0.473. The Morgan fingerprint density at radius 2 is 2.09 bits per heavy atom.